The predicted octanol–water partition coefficient (Wildman–Crippen LogP) is 2.69. The fourth-order valence-corrected chi connectivity index (χ4v) is 4.75. The molecule has 0 spiro atoms. The lowest BCUT2D eigenvalue weighted by Crippen LogP contribution is -2.42. The van der Waals surface area contributed by atoms with Gasteiger partial charge in [-0.2, -0.15) is 0 Å². The number of amides is 1. The van der Waals surface area contributed by atoms with Crippen molar-refractivity contribution >= 4 is 15.7 Å². The first-order chi connectivity index (χ1) is 11.4. The third-order valence-corrected chi connectivity index (χ3v) is 6.52. The minimum atomic E-state index is -3.47. The first-order valence-electron chi connectivity index (χ1n) is 8.70. The third-order valence-electron chi connectivity index (χ3n) is 4.55. The SMILES string of the molecule is CCCS(=O)(=O)c1ccccc1C(=O)NCC1(O)CCCCCC1. The molecule has 1 fully saturated rings. The Labute approximate surface area is 144 Å². The number of rotatable bonds is 6. The number of benzene rings is 1. The maximum absolute atomic E-state index is 12.5. The number of nitrogens with one attached hydrogen (secondary N) is 1. The first kappa shape index (κ1) is 18.9. The normalized spacial score (nSPS) is 17.9. The van der Waals surface area contributed by atoms with Crippen LogP contribution in [0, 0.1) is 0 Å². The second-order valence-corrected chi connectivity index (χ2v) is 8.71. The second kappa shape index (κ2) is 8.12. The molecule has 0 unspecified atom stereocenters. The van der Waals surface area contributed by atoms with E-state index >= 15 is 0 Å². The van der Waals surface area contributed by atoms with Crippen molar-refractivity contribution in [3.63, 3.8) is 0 Å². The van der Waals surface area contributed by atoms with Gasteiger partial charge < -0.3 is 10.4 Å². The van der Waals surface area contributed by atoms with Gasteiger partial charge in [-0.15, -0.1) is 0 Å². The van der Waals surface area contributed by atoms with E-state index in [9.17, 15) is 18.3 Å². The molecule has 1 amide bonds. The number of carbonyl (C=O) groups is 1. The van der Waals surface area contributed by atoms with Gasteiger partial charge in [0.1, 0.15) is 0 Å². The van der Waals surface area contributed by atoms with E-state index in [1.807, 2.05) is 0 Å². The van der Waals surface area contributed by atoms with Crippen LogP contribution in [0.2, 0.25) is 0 Å². The van der Waals surface area contributed by atoms with Crippen LogP contribution in [-0.4, -0.2) is 37.3 Å². The van der Waals surface area contributed by atoms with Gasteiger partial charge in [-0.1, -0.05) is 44.7 Å². The minimum Gasteiger partial charge on any atom is -0.388 e. The Hall–Kier alpha value is -1.40. The van der Waals surface area contributed by atoms with E-state index in [-0.39, 0.29) is 22.8 Å². The van der Waals surface area contributed by atoms with Gasteiger partial charge >= 0.3 is 0 Å². The zero-order valence-corrected chi connectivity index (χ0v) is 15.1. The maximum atomic E-state index is 12.5. The van der Waals surface area contributed by atoms with E-state index in [0.29, 0.717) is 19.3 Å². The first-order valence-corrected chi connectivity index (χ1v) is 10.4. The van der Waals surface area contributed by atoms with Crippen LogP contribution < -0.4 is 5.32 Å². The van der Waals surface area contributed by atoms with Crippen LogP contribution in [0.15, 0.2) is 29.2 Å². The van der Waals surface area contributed by atoms with Crippen LogP contribution in [-0.2, 0) is 9.84 Å². The topological polar surface area (TPSA) is 83.5 Å². The average Bonchev–Trinajstić information content (AvgIpc) is 2.78. The molecule has 6 heteroatoms. The molecule has 1 aromatic rings. The second-order valence-electron chi connectivity index (χ2n) is 6.64. The average molecular weight is 353 g/mol. The summed E-state index contributed by atoms with van der Waals surface area (Å²) in [5, 5.41) is 13.4. The molecule has 0 bridgehead atoms. The molecule has 24 heavy (non-hydrogen) atoms. The van der Waals surface area contributed by atoms with Crippen LogP contribution in [0.1, 0.15) is 62.2 Å². The van der Waals surface area contributed by atoms with Gasteiger partial charge in [-0.3, -0.25) is 4.79 Å². The van der Waals surface area contributed by atoms with Gasteiger partial charge in [0.15, 0.2) is 9.84 Å². The number of sulfone groups is 1. The number of hydrogen-bond donors (Lipinski definition) is 2. The Kier molecular flexibility index (Phi) is 6.40. The summed E-state index contributed by atoms with van der Waals surface area (Å²) in [6.07, 6.45) is 5.95. The Balaban J connectivity index is 2.13. The molecule has 1 aromatic carbocycles. The lowest BCUT2D eigenvalue weighted by Gasteiger charge is -2.27. The molecule has 1 aliphatic rings. The summed E-state index contributed by atoms with van der Waals surface area (Å²) < 4.78 is 24.7. The molecule has 2 N–H and O–H groups in total. The Morgan fingerprint density at radius 1 is 1.17 bits per heavy atom. The third kappa shape index (κ3) is 4.80. The summed E-state index contributed by atoms with van der Waals surface area (Å²) in [6, 6.07) is 6.27. The zero-order chi connectivity index (χ0) is 17.6. The van der Waals surface area contributed by atoms with Crippen molar-refractivity contribution < 1.29 is 18.3 Å². The number of aliphatic hydroxyl groups is 1. The molecule has 0 radical (unpaired) electrons. The molecular formula is C18H27NO4S. The molecule has 0 atom stereocenters. The highest BCUT2D eigenvalue weighted by Gasteiger charge is 2.29. The van der Waals surface area contributed by atoms with Gasteiger partial charge in [0.25, 0.3) is 5.91 Å². The van der Waals surface area contributed by atoms with Gasteiger partial charge in [0.2, 0.25) is 0 Å². The largest absolute Gasteiger partial charge is 0.388 e. The fraction of sp³-hybridized carbons (Fsp3) is 0.611. The van der Waals surface area contributed by atoms with Gasteiger partial charge in [-0.05, 0) is 31.4 Å². The van der Waals surface area contributed by atoms with Gasteiger partial charge in [-0.25, -0.2) is 8.42 Å². The van der Waals surface area contributed by atoms with Crippen LogP contribution in [0.25, 0.3) is 0 Å². The summed E-state index contributed by atoms with van der Waals surface area (Å²) in [7, 11) is -3.47. The van der Waals surface area contributed by atoms with E-state index in [2.05, 4.69) is 5.32 Å². The van der Waals surface area contributed by atoms with Crippen LogP contribution in [0.5, 0.6) is 0 Å². The van der Waals surface area contributed by atoms with Crippen molar-refractivity contribution in [2.24, 2.45) is 0 Å². The zero-order valence-electron chi connectivity index (χ0n) is 14.3. The van der Waals surface area contributed by atoms with E-state index in [4.69, 9.17) is 0 Å². The standard InChI is InChI=1S/C18H27NO4S/c1-2-13-24(22,23)16-10-6-5-9-15(16)17(20)19-14-18(21)11-7-3-4-8-12-18/h5-6,9-10,21H,2-4,7-8,11-14H2,1H3,(H,19,20). The summed E-state index contributed by atoms with van der Waals surface area (Å²) >= 11 is 0. The van der Waals surface area contributed by atoms with Crippen molar-refractivity contribution in [3.8, 4) is 0 Å². The van der Waals surface area contributed by atoms with E-state index in [1.54, 1.807) is 19.1 Å². The Bertz CT molecular complexity index is 661. The van der Waals surface area contributed by atoms with Crippen LogP contribution in [0.4, 0.5) is 0 Å². The minimum absolute atomic E-state index is 0.0151. The molecule has 0 aliphatic heterocycles. The lowest BCUT2D eigenvalue weighted by atomic mass is 9.94. The number of carbonyl (C=O) groups excluding carboxylic acids is 1. The summed E-state index contributed by atoms with van der Waals surface area (Å²) in [5.41, 5.74) is -0.730. The molecule has 1 saturated carbocycles. The Morgan fingerprint density at radius 2 is 1.79 bits per heavy atom. The number of hydrogen-bond acceptors (Lipinski definition) is 4. The van der Waals surface area contributed by atoms with E-state index in [0.717, 1.165) is 25.7 Å². The summed E-state index contributed by atoms with van der Waals surface area (Å²) in [6.45, 7) is 1.95. The van der Waals surface area contributed by atoms with E-state index in [1.165, 1.54) is 12.1 Å². The van der Waals surface area contributed by atoms with Crippen LogP contribution in [0.3, 0.4) is 0 Å². The van der Waals surface area contributed by atoms with Gasteiger partial charge in [0, 0.05) is 6.54 Å². The van der Waals surface area contributed by atoms with E-state index < -0.39 is 21.3 Å². The van der Waals surface area contributed by atoms with Crippen molar-refractivity contribution in [3.05, 3.63) is 29.8 Å². The highest BCUT2D eigenvalue weighted by Crippen LogP contribution is 2.26. The molecule has 134 valence electrons. The highest BCUT2D eigenvalue weighted by atomic mass is 32.2. The molecule has 0 aromatic heterocycles. The fourth-order valence-electron chi connectivity index (χ4n) is 3.21. The molecule has 5 nitrogen and oxygen atoms in total. The molecule has 2 rings (SSSR count). The van der Waals surface area contributed by atoms with Crippen molar-refractivity contribution in [1.29, 1.82) is 0 Å². The molecule has 1 aliphatic carbocycles. The summed E-state index contributed by atoms with van der Waals surface area (Å²) in [4.78, 5) is 12.6. The monoisotopic (exact) mass is 353 g/mol. The van der Waals surface area contributed by atoms with Crippen molar-refractivity contribution in [2.75, 3.05) is 12.3 Å². The van der Waals surface area contributed by atoms with Crippen LogP contribution >= 0.6 is 0 Å². The van der Waals surface area contributed by atoms with Crippen molar-refractivity contribution in [2.45, 2.75) is 62.4 Å². The molecule has 0 saturated heterocycles. The smallest absolute Gasteiger partial charge is 0.252 e. The molecule has 0 heterocycles. The summed E-state index contributed by atoms with van der Waals surface area (Å²) in [5.74, 6) is -0.427. The molecular weight excluding hydrogens is 326 g/mol. The highest BCUT2D eigenvalue weighted by molar-refractivity contribution is 7.91. The predicted molar refractivity (Wildman–Crippen MR) is 93.8 cm³/mol. The Morgan fingerprint density at radius 3 is 2.42 bits per heavy atom. The quantitative estimate of drug-likeness (QED) is 0.770. The lowest BCUT2D eigenvalue weighted by molar-refractivity contribution is 0.0246. The van der Waals surface area contributed by atoms with Crippen molar-refractivity contribution in [1.82, 2.24) is 5.32 Å². The van der Waals surface area contributed by atoms with Gasteiger partial charge in [0.05, 0.1) is 21.8 Å². The maximum Gasteiger partial charge on any atom is 0.252 e.